The van der Waals surface area contributed by atoms with Crippen LogP contribution >= 0.6 is 23.4 Å². The van der Waals surface area contributed by atoms with Crippen molar-refractivity contribution in [3.8, 4) is 45.7 Å². The lowest BCUT2D eigenvalue weighted by Crippen LogP contribution is -2.25. The number of nitriles is 1. The molecule has 1 aliphatic heterocycles. The first-order valence-electron chi connectivity index (χ1n) is 14.3. The summed E-state index contributed by atoms with van der Waals surface area (Å²) in [5, 5.41) is 11.3. The number of oxazole rings is 1. The van der Waals surface area contributed by atoms with E-state index in [-0.39, 0.29) is 23.2 Å². The second-order valence-electron chi connectivity index (χ2n) is 10.9. The molecular formula is C35H28ClN5O4S. The zero-order chi connectivity index (χ0) is 32.3. The van der Waals surface area contributed by atoms with Gasteiger partial charge >= 0.3 is 0 Å². The second-order valence-corrected chi connectivity index (χ2v) is 12.3. The minimum absolute atomic E-state index is 0.0399. The van der Waals surface area contributed by atoms with Crippen LogP contribution in [-0.2, 0) is 15.2 Å². The van der Waals surface area contributed by atoms with Crippen LogP contribution < -0.4 is 10.5 Å². The molecule has 0 aliphatic carbocycles. The molecule has 6 rings (SSSR count). The van der Waals surface area contributed by atoms with E-state index in [0.29, 0.717) is 63.2 Å². The van der Waals surface area contributed by atoms with Crippen LogP contribution in [0.4, 0.5) is 11.5 Å². The van der Waals surface area contributed by atoms with Crippen LogP contribution in [0.2, 0.25) is 5.02 Å². The quantitative estimate of drug-likeness (QED) is 0.124. The lowest BCUT2D eigenvalue weighted by atomic mass is 10.00. The van der Waals surface area contributed by atoms with Crippen LogP contribution in [0.15, 0.2) is 88.3 Å². The predicted octanol–water partition coefficient (Wildman–Crippen LogP) is 8.55. The van der Waals surface area contributed by atoms with Gasteiger partial charge in [0, 0.05) is 27.5 Å². The number of thioether (sulfide) groups is 1. The van der Waals surface area contributed by atoms with Gasteiger partial charge in [0.25, 0.3) is 0 Å². The van der Waals surface area contributed by atoms with E-state index in [1.807, 2.05) is 56.3 Å². The molecule has 5 aromatic rings. The highest BCUT2D eigenvalue weighted by atomic mass is 35.5. The minimum Gasteiger partial charge on any atom is -0.491 e. The second kappa shape index (κ2) is 13.3. The van der Waals surface area contributed by atoms with Crippen molar-refractivity contribution in [3.63, 3.8) is 0 Å². The van der Waals surface area contributed by atoms with Crippen molar-refractivity contribution in [1.82, 2.24) is 9.97 Å². The Morgan fingerprint density at radius 1 is 1.04 bits per heavy atom. The van der Waals surface area contributed by atoms with E-state index in [4.69, 9.17) is 47.5 Å². The number of hydrogen-bond acceptors (Lipinski definition) is 9. The summed E-state index contributed by atoms with van der Waals surface area (Å²) in [6, 6.07) is 26.4. The van der Waals surface area contributed by atoms with Gasteiger partial charge in [-0.2, -0.15) is 5.26 Å². The third kappa shape index (κ3) is 6.71. The largest absolute Gasteiger partial charge is 0.491 e. The summed E-state index contributed by atoms with van der Waals surface area (Å²) in [6.07, 6.45) is -0.178. The van der Waals surface area contributed by atoms with Gasteiger partial charge in [-0.1, -0.05) is 65.8 Å². The number of nitrogens with two attached hydrogens (primary N) is 1. The molecule has 9 nitrogen and oxygen atoms in total. The van der Waals surface area contributed by atoms with Crippen LogP contribution in [0.5, 0.6) is 5.75 Å². The summed E-state index contributed by atoms with van der Waals surface area (Å²) >= 11 is 7.39. The van der Waals surface area contributed by atoms with E-state index in [2.05, 4.69) is 15.9 Å². The van der Waals surface area contributed by atoms with Crippen molar-refractivity contribution in [3.05, 3.63) is 107 Å². The SMILES string of the molecule is [C-]#[N+]c1c(N)nc(SCc2nc(-c3ccc(Cl)cc3)oc2-c2ccccc2)c(C#N)c1-c1ccc(OC[C@@H]2COC(C)(C)O2)cc1. The van der Waals surface area contributed by atoms with Gasteiger partial charge in [-0.15, -0.1) is 0 Å². The summed E-state index contributed by atoms with van der Waals surface area (Å²) in [4.78, 5) is 12.9. The van der Waals surface area contributed by atoms with Crippen molar-refractivity contribution in [2.24, 2.45) is 0 Å². The third-order valence-electron chi connectivity index (χ3n) is 7.21. The fraction of sp³-hybridized carbons (Fsp3) is 0.200. The first-order chi connectivity index (χ1) is 22.2. The van der Waals surface area contributed by atoms with E-state index < -0.39 is 5.79 Å². The van der Waals surface area contributed by atoms with Gasteiger partial charge < -0.3 is 24.4 Å². The number of anilines is 1. The molecule has 3 aromatic carbocycles. The number of nitrogen functional groups attached to an aromatic ring is 1. The Labute approximate surface area is 275 Å². The van der Waals surface area contributed by atoms with Gasteiger partial charge in [0.2, 0.25) is 11.6 Å². The number of halogens is 1. The van der Waals surface area contributed by atoms with Crippen molar-refractivity contribution >= 4 is 34.9 Å². The molecule has 1 saturated heterocycles. The Morgan fingerprint density at radius 3 is 2.41 bits per heavy atom. The molecule has 0 unspecified atom stereocenters. The Hall–Kier alpha value is -4.84. The lowest BCUT2D eigenvalue weighted by molar-refractivity contribution is -0.141. The molecule has 2 N–H and O–H groups in total. The number of rotatable bonds is 9. The maximum absolute atomic E-state index is 10.3. The van der Waals surface area contributed by atoms with E-state index in [0.717, 1.165) is 11.1 Å². The predicted molar refractivity (Wildman–Crippen MR) is 177 cm³/mol. The van der Waals surface area contributed by atoms with Crippen molar-refractivity contribution in [1.29, 1.82) is 5.26 Å². The molecule has 2 aromatic heterocycles. The molecule has 0 saturated carbocycles. The number of hydrogen-bond donors (Lipinski definition) is 1. The van der Waals surface area contributed by atoms with Gasteiger partial charge in [-0.25, -0.2) is 14.8 Å². The molecule has 0 radical (unpaired) electrons. The topological polar surface area (TPSA) is 121 Å². The first kappa shape index (κ1) is 31.2. The monoisotopic (exact) mass is 649 g/mol. The zero-order valence-corrected chi connectivity index (χ0v) is 26.6. The molecule has 230 valence electrons. The average Bonchev–Trinajstić information content (AvgIpc) is 3.66. The fourth-order valence-corrected chi connectivity index (χ4v) is 6.09. The Morgan fingerprint density at radius 2 is 1.76 bits per heavy atom. The van der Waals surface area contributed by atoms with E-state index in [1.165, 1.54) is 11.8 Å². The van der Waals surface area contributed by atoms with Crippen LogP contribution in [0.1, 0.15) is 25.1 Å². The van der Waals surface area contributed by atoms with E-state index >= 15 is 0 Å². The summed E-state index contributed by atoms with van der Waals surface area (Å²) in [7, 11) is 0. The maximum Gasteiger partial charge on any atom is 0.236 e. The maximum atomic E-state index is 10.3. The molecule has 0 bridgehead atoms. The van der Waals surface area contributed by atoms with Crippen LogP contribution in [-0.4, -0.2) is 35.1 Å². The Kier molecular flexibility index (Phi) is 8.98. The zero-order valence-electron chi connectivity index (χ0n) is 25.0. The van der Waals surface area contributed by atoms with Crippen LogP contribution in [0.3, 0.4) is 0 Å². The van der Waals surface area contributed by atoms with Gasteiger partial charge in [-0.05, 0) is 55.8 Å². The van der Waals surface area contributed by atoms with E-state index in [9.17, 15) is 5.26 Å². The number of pyridine rings is 1. The molecule has 1 atom stereocenters. The molecule has 0 spiro atoms. The first-order valence-corrected chi connectivity index (χ1v) is 15.7. The molecule has 0 amide bonds. The number of ether oxygens (including phenoxy) is 3. The molecule has 3 heterocycles. The lowest BCUT2D eigenvalue weighted by Gasteiger charge is -2.17. The standard InChI is InChI=1S/C35H28ClN5O4S/c1-35(2)43-19-26(45-35)18-42-25-15-11-21(12-16-25)29-27(17-37)34(41-32(38)30(29)39-3)46-20-28-31(22-7-5-4-6-8-22)44-33(40-28)23-9-13-24(36)14-10-23/h4-16,26H,18-20H2,1-2H3,(H2,38,41)/t26-/m1/s1. The number of benzene rings is 3. The normalized spacial score (nSPS) is 15.3. The highest BCUT2D eigenvalue weighted by Crippen LogP contribution is 2.43. The van der Waals surface area contributed by atoms with Gasteiger partial charge in [0.05, 0.1) is 24.4 Å². The molecular weight excluding hydrogens is 622 g/mol. The van der Waals surface area contributed by atoms with Gasteiger partial charge in [0.1, 0.15) is 35.4 Å². The highest BCUT2D eigenvalue weighted by Gasteiger charge is 2.33. The highest BCUT2D eigenvalue weighted by molar-refractivity contribution is 7.98. The summed E-state index contributed by atoms with van der Waals surface area (Å²) < 4.78 is 23.6. The van der Waals surface area contributed by atoms with Gasteiger partial charge in [0.15, 0.2) is 11.5 Å². The molecule has 46 heavy (non-hydrogen) atoms. The molecule has 1 aliphatic rings. The minimum atomic E-state index is -0.630. The smallest absolute Gasteiger partial charge is 0.236 e. The van der Waals surface area contributed by atoms with Crippen LogP contribution in [0, 0.1) is 17.9 Å². The van der Waals surface area contributed by atoms with Crippen molar-refractivity contribution < 1.29 is 18.6 Å². The van der Waals surface area contributed by atoms with Crippen LogP contribution in [0.25, 0.3) is 38.7 Å². The third-order valence-corrected chi connectivity index (χ3v) is 8.44. The Balaban J connectivity index is 1.29. The average molecular weight is 650 g/mol. The van der Waals surface area contributed by atoms with Gasteiger partial charge in [-0.3, -0.25) is 0 Å². The summed E-state index contributed by atoms with van der Waals surface area (Å²) in [5.41, 5.74) is 10.0. The van der Waals surface area contributed by atoms with Crippen molar-refractivity contribution in [2.75, 3.05) is 18.9 Å². The van der Waals surface area contributed by atoms with E-state index in [1.54, 1.807) is 36.4 Å². The van der Waals surface area contributed by atoms with Crippen molar-refractivity contribution in [2.45, 2.75) is 36.5 Å². The Bertz CT molecular complexity index is 1950. The fourth-order valence-electron chi connectivity index (χ4n) is 5.04. The summed E-state index contributed by atoms with van der Waals surface area (Å²) in [6.45, 7) is 12.3. The number of aromatic nitrogens is 2. The number of nitrogens with zero attached hydrogens (tertiary/aromatic N) is 4. The summed E-state index contributed by atoms with van der Waals surface area (Å²) in [5.74, 6) is 1.41. The molecule has 1 fully saturated rings. The molecule has 11 heteroatoms.